The molecular weight excluding hydrogens is 316 g/mol. The van der Waals surface area contributed by atoms with E-state index in [9.17, 15) is 4.79 Å². The molecule has 0 N–H and O–H groups in total. The van der Waals surface area contributed by atoms with Gasteiger partial charge in [-0.05, 0) is 0 Å². The van der Waals surface area contributed by atoms with E-state index in [1.807, 2.05) is 20.8 Å². The molecule has 0 aliphatic carbocycles. The monoisotopic (exact) mass is 340 g/mol. The maximum atomic E-state index is 10.5. The largest absolute Gasteiger partial charge is 0.299 e. The van der Waals surface area contributed by atoms with Crippen LogP contribution in [0.3, 0.4) is 0 Å². The summed E-state index contributed by atoms with van der Waals surface area (Å²) in [6, 6.07) is 0. The van der Waals surface area contributed by atoms with Gasteiger partial charge in [0, 0.05) is 12.3 Å². The van der Waals surface area contributed by atoms with Gasteiger partial charge in [-0.15, -0.1) is 0 Å². The lowest BCUT2D eigenvalue weighted by molar-refractivity contribution is -0.121. The molecule has 0 aromatic carbocycles. The summed E-state index contributed by atoms with van der Waals surface area (Å²) in [6.07, 6.45) is 0.678. The minimum atomic E-state index is 0. The Kier molecular flexibility index (Phi) is 1410. The van der Waals surface area contributed by atoms with Gasteiger partial charge in [0.05, 0.1) is 0 Å². The Labute approximate surface area is 101 Å². The van der Waals surface area contributed by atoms with E-state index in [1.54, 1.807) is 0 Å². The highest BCUT2D eigenvalue weighted by Gasteiger charge is 2.00. The maximum Gasteiger partial charge on any atom is 0.135 e. The van der Waals surface area contributed by atoms with Gasteiger partial charge in [0.25, 0.3) is 0 Å². The standard InChI is InChI=1S/C6H12O.12FH/c1-4-6(7)5(2)3;;;;;;;;;;;;/h5H,4H2,1-3H3;12*1H. The van der Waals surface area contributed by atoms with E-state index in [0.29, 0.717) is 12.2 Å². The van der Waals surface area contributed by atoms with Crippen molar-refractivity contribution in [2.24, 2.45) is 5.92 Å². The summed E-state index contributed by atoms with van der Waals surface area (Å²) < 4.78 is 0. The number of hydrogen-bond acceptors (Lipinski definition) is 1. The Morgan fingerprint density at radius 2 is 0.789 bits per heavy atom. The first-order valence-electron chi connectivity index (χ1n) is 2.71. The van der Waals surface area contributed by atoms with Crippen LogP contribution in [0.15, 0.2) is 0 Å². The van der Waals surface area contributed by atoms with Crippen LogP contribution in [0.5, 0.6) is 0 Å². The van der Waals surface area contributed by atoms with Gasteiger partial charge in [0.2, 0.25) is 0 Å². The molecule has 0 bridgehead atoms. The minimum Gasteiger partial charge on any atom is -0.299 e. The van der Waals surface area contributed by atoms with E-state index >= 15 is 0 Å². The average Bonchev–Trinajstić information content (AvgIpc) is 1.65. The van der Waals surface area contributed by atoms with Gasteiger partial charge in [0.1, 0.15) is 5.78 Å². The highest BCUT2D eigenvalue weighted by molar-refractivity contribution is 5.79. The number of ketones is 1. The van der Waals surface area contributed by atoms with Gasteiger partial charge in [-0.1, -0.05) is 20.8 Å². The van der Waals surface area contributed by atoms with Crippen molar-refractivity contribution in [3.63, 3.8) is 0 Å². The Hall–Kier alpha value is -1.17. The molecule has 0 heterocycles. The molecule has 0 saturated heterocycles. The number of carbonyl (C=O) groups is 1. The average molecular weight is 340 g/mol. The van der Waals surface area contributed by atoms with Gasteiger partial charge in [-0.25, -0.2) is 0 Å². The van der Waals surface area contributed by atoms with E-state index in [1.165, 1.54) is 0 Å². The maximum absolute atomic E-state index is 10.5. The van der Waals surface area contributed by atoms with Crippen LogP contribution in [0, 0.1) is 5.92 Å². The van der Waals surface area contributed by atoms with Crippen LogP contribution in [0.25, 0.3) is 0 Å². The molecule has 0 aromatic heterocycles. The van der Waals surface area contributed by atoms with Gasteiger partial charge in [0.15, 0.2) is 0 Å². The zero-order valence-electron chi connectivity index (χ0n) is 10.1. The third-order valence-electron chi connectivity index (χ3n) is 0.992. The second-order valence-corrected chi connectivity index (χ2v) is 1.97. The fourth-order valence-corrected chi connectivity index (χ4v) is 0.408. The lowest BCUT2D eigenvalue weighted by Crippen LogP contribution is -2.03. The van der Waals surface area contributed by atoms with Crippen LogP contribution in [-0.2, 0) is 4.79 Å². The minimum absolute atomic E-state index is 0. The normalized spacial score (nSPS) is 3.58. The second kappa shape index (κ2) is 124. The van der Waals surface area contributed by atoms with Gasteiger partial charge < -0.3 is 0 Å². The molecule has 19 heavy (non-hydrogen) atoms. The number of carbonyl (C=O) groups excluding carboxylic acids is 1. The lowest BCUT2D eigenvalue weighted by atomic mass is 10.1. The summed E-state index contributed by atoms with van der Waals surface area (Å²) in [7, 11) is 0. The molecule has 0 spiro atoms. The van der Waals surface area contributed by atoms with E-state index in [-0.39, 0.29) is 62.4 Å². The zero-order valence-corrected chi connectivity index (χ0v) is 10.1. The molecule has 1 nitrogen and oxygen atoms in total. The van der Waals surface area contributed by atoms with E-state index in [0.717, 1.165) is 0 Å². The van der Waals surface area contributed by atoms with Crippen molar-refractivity contribution in [3.05, 3.63) is 0 Å². The Morgan fingerprint density at radius 3 is 0.789 bits per heavy atom. The predicted octanol–water partition coefficient (Wildman–Crippen LogP) is 3.45. The molecule has 138 valence electrons. The summed E-state index contributed by atoms with van der Waals surface area (Å²) in [5.74, 6) is 0.574. The fraction of sp³-hybridized carbons (Fsp3) is 0.833. The summed E-state index contributed by atoms with van der Waals surface area (Å²) in [5, 5.41) is 0. The molecule has 0 aromatic rings. The Bertz CT molecular complexity index is 82.6. The number of rotatable bonds is 2. The molecule has 0 radical (unpaired) electrons. The molecule has 0 saturated carbocycles. The van der Waals surface area contributed by atoms with Crippen LogP contribution < -0.4 is 0 Å². The molecule has 13 heteroatoms. The molecule has 0 amide bonds. The third-order valence-corrected chi connectivity index (χ3v) is 0.992. The topological polar surface area (TPSA) is 17.1 Å². The van der Waals surface area contributed by atoms with E-state index < -0.39 is 0 Å². The number of hydrogen-bond donors (Lipinski definition) is 0. The van der Waals surface area contributed by atoms with Crippen molar-refractivity contribution in [1.82, 2.24) is 0 Å². The molecular formula is C6H24F12O. The molecule has 0 unspecified atom stereocenters. The molecule has 0 fully saturated rings. The summed E-state index contributed by atoms with van der Waals surface area (Å²) >= 11 is 0. The van der Waals surface area contributed by atoms with Gasteiger partial charge in [-0.3, -0.25) is 61.2 Å². The van der Waals surface area contributed by atoms with Crippen LogP contribution >= 0.6 is 0 Å². The Morgan fingerprint density at radius 1 is 0.632 bits per heavy atom. The first-order chi connectivity index (χ1) is 3.18. The van der Waals surface area contributed by atoms with Crippen molar-refractivity contribution in [2.45, 2.75) is 27.2 Å². The van der Waals surface area contributed by atoms with E-state index in [4.69, 9.17) is 0 Å². The van der Waals surface area contributed by atoms with Gasteiger partial charge >= 0.3 is 0 Å². The SMILES string of the molecule is CCC(=O)C(C)C.F.F.F.F.F.F.F.F.F.F.F.F. The Balaban J connectivity index is -0.00000000273. The predicted molar refractivity (Wildman–Crippen MR) is 60.2 cm³/mol. The molecule has 0 rings (SSSR count). The third kappa shape index (κ3) is 159. The fourth-order valence-electron chi connectivity index (χ4n) is 0.408. The molecule has 0 atom stereocenters. The smallest absolute Gasteiger partial charge is 0.135 e. The van der Waals surface area contributed by atoms with Crippen molar-refractivity contribution in [2.75, 3.05) is 0 Å². The second-order valence-electron chi connectivity index (χ2n) is 1.97. The summed E-state index contributed by atoms with van der Waals surface area (Å²) in [5.41, 5.74) is 0. The first kappa shape index (κ1) is 216. The van der Waals surface area contributed by atoms with E-state index in [2.05, 4.69) is 0 Å². The van der Waals surface area contributed by atoms with Crippen molar-refractivity contribution in [3.8, 4) is 0 Å². The highest BCUT2D eigenvalue weighted by atomic mass is 19.0. The quantitative estimate of drug-likeness (QED) is 0.704. The van der Waals surface area contributed by atoms with Crippen molar-refractivity contribution >= 4 is 5.78 Å². The number of Topliss-reactive ketones (excluding diaryl/α,β-unsaturated/α-hetero) is 1. The van der Waals surface area contributed by atoms with Crippen molar-refractivity contribution < 1.29 is 61.2 Å². The highest BCUT2D eigenvalue weighted by Crippen LogP contribution is 1.95. The van der Waals surface area contributed by atoms with Crippen LogP contribution in [-0.4, -0.2) is 5.78 Å². The van der Waals surface area contributed by atoms with Crippen LogP contribution in [0.2, 0.25) is 0 Å². The van der Waals surface area contributed by atoms with Crippen LogP contribution in [0.4, 0.5) is 56.5 Å². The molecule has 0 aliphatic rings. The van der Waals surface area contributed by atoms with Crippen LogP contribution in [0.1, 0.15) is 27.2 Å². The lowest BCUT2D eigenvalue weighted by Gasteiger charge is -1.96. The van der Waals surface area contributed by atoms with Gasteiger partial charge in [-0.2, -0.15) is 0 Å². The molecule has 0 aliphatic heterocycles. The number of halogens is 12. The first-order valence-corrected chi connectivity index (χ1v) is 2.71. The zero-order chi connectivity index (χ0) is 5.86. The summed E-state index contributed by atoms with van der Waals surface area (Å²) in [4.78, 5) is 10.5. The van der Waals surface area contributed by atoms with Crippen molar-refractivity contribution in [1.29, 1.82) is 0 Å². The summed E-state index contributed by atoms with van der Waals surface area (Å²) in [6.45, 7) is 5.74.